The number of hydrogen-bond donors (Lipinski definition) is 1. The summed E-state index contributed by atoms with van der Waals surface area (Å²) in [5.74, 6) is 1.18. The molecule has 2 aliphatic rings. The molecule has 114 valence electrons. The van der Waals surface area contributed by atoms with Crippen LogP contribution in [0.4, 0.5) is 5.69 Å². The first-order valence-electron chi connectivity index (χ1n) is 8.23. The number of anilines is 1. The number of rotatable bonds is 4. The van der Waals surface area contributed by atoms with Crippen LogP contribution in [0.2, 0.25) is 0 Å². The van der Waals surface area contributed by atoms with Gasteiger partial charge in [0.1, 0.15) is 0 Å². The minimum atomic E-state index is 0.283. The molecular formula is C18H26N2O. The molecule has 0 bridgehead atoms. The van der Waals surface area contributed by atoms with E-state index in [1.807, 2.05) is 0 Å². The Labute approximate surface area is 127 Å². The summed E-state index contributed by atoms with van der Waals surface area (Å²) in [6, 6.07) is 6.71. The van der Waals surface area contributed by atoms with Gasteiger partial charge in [-0.3, -0.25) is 4.79 Å². The van der Waals surface area contributed by atoms with Crippen LogP contribution in [-0.2, 0) is 4.79 Å². The first-order valence-corrected chi connectivity index (χ1v) is 8.23. The number of carbonyl (C=O) groups excluding carboxylic acids is 1. The summed E-state index contributed by atoms with van der Waals surface area (Å²) in [5.41, 5.74) is 4.03. The number of nitrogens with one attached hydrogen (secondary N) is 1. The highest BCUT2D eigenvalue weighted by Gasteiger charge is 2.27. The van der Waals surface area contributed by atoms with Crippen LogP contribution in [0, 0.1) is 25.7 Å². The van der Waals surface area contributed by atoms with Gasteiger partial charge in [-0.25, -0.2) is 0 Å². The molecule has 1 aliphatic carbocycles. The number of aryl methyl sites for hydroxylation is 2. The van der Waals surface area contributed by atoms with Crippen LogP contribution in [0.25, 0.3) is 0 Å². The van der Waals surface area contributed by atoms with Crippen LogP contribution in [0.15, 0.2) is 18.2 Å². The average molecular weight is 286 g/mol. The lowest BCUT2D eigenvalue weighted by molar-refractivity contribution is -0.127. The Balaban J connectivity index is 1.50. The first kappa shape index (κ1) is 14.4. The van der Waals surface area contributed by atoms with E-state index in [-0.39, 0.29) is 5.91 Å². The second-order valence-electron chi connectivity index (χ2n) is 6.74. The molecule has 3 rings (SSSR count). The van der Waals surface area contributed by atoms with E-state index >= 15 is 0 Å². The lowest BCUT2D eigenvalue weighted by Crippen LogP contribution is -2.37. The lowest BCUT2D eigenvalue weighted by atomic mass is 9.85. The summed E-state index contributed by atoms with van der Waals surface area (Å²) in [7, 11) is 0. The SMILES string of the molecule is Cc1ccc(N2CCC(CNC(=O)C3CCC3)C2)cc1C. The Morgan fingerprint density at radius 2 is 2.05 bits per heavy atom. The van der Waals surface area contributed by atoms with E-state index in [9.17, 15) is 4.79 Å². The van der Waals surface area contributed by atoms with E-state index in [0.29, 0.717) is 11.8 Å². The molecule has 1 saturated heterocycles. The molecule has 3 nitrogen and oxygen atoms in total. The van der Waals surface area contributed by atoms with Crippen molar-refractivity contribution in [3.63, 3.8) is 0 Å². The average Bonchev–Trinajstić information content (AvgIpc) is 2.86. The van der Waals surface area contributed by atoms with Gasteiger partial charge < -0.3 is 10.2 Å². The van der Waals surface area contributed by atoms with Gasteiger partial charge in [0.2, 0.25) is 5.91 Å². The van der Waals surface area contributed by atoms with E-state index in [0.717, 1.165) is 32.5 Å². The second-order valence-corrected chi connectivity index (χ2v) is 6.74. The Hall–Kier alpha value is -1.51. The maximum absolute atomic E-state index is 11.9. The smallest absolute Gasteiger partial charge is 0.223 e. The normalized spacial score (nSPS) is 22.2. The number of amides is 1. The highest BCUT2D eigenvalue weighted by Crippen LogP contribution is 2.27. The van der Waals surface area contributed by atoms with E-state index in [2.05, 4.69) is 42.3 Å². The minimum Gasteiger partial charge on any atom is -0.371 e. The Bertz CT molecular complexity index is 522. The van der Waals surface area contributed by atoms with Gasteiger partial charge in [-0.15, -0.1) is 0 Å². The predicted octanol–water partition coefficient (Wildman–Crippen LogP) is 3.05. The third-order valence-corrected chi connectivity index (χ3v) is 5.18. The monoisotopic (exact) mass is 286 g/mol. The Morgan fingerprint density at radius 1 is 1.24 bits per heavy atom. The van der Waals surface area contributed by atoms with Crippen molar-refractivity contribution in [3.8, 4) is 0 Å². The van der Waals surface area contributed by atoms with Gasteiger partial charge in [-0.2, -0.15) is 0 Å². The zero-order chi connectivity index (χ0) is 14.8. The fourth-order valence-corrected chi connectivity index (χ4v) is 3.22. The fourth-order valence-electron chi connectivity index (χ4n) is 3.22. The molecule has 1 N–H and O–H groups in total. The van der Waals surface area contributed by atoms with Crippen LogP contribution >= 0.6 is 0 Å². The third kappa shape index (κ3) is 3.22. The summed E-state index contributed by atoms with van der Waals surface area (Å²) in [5, 5.41) is 3.15. The molecule has 0 spiro atoms. The van der Waals surface area contributed by atoms with E-state index in [4.69, 9.17) is 0 Å². The largest absolute Gasteiger partial charge is 0.371 e. The van der Waals surface area contributed by atoms with Gasteiger partial charge in [-0.1, -0.05) is 12.5 Å². The van der Waals surface area contributed by atoms with Gasteiger partial charge in [0.25, 0.3) is 0 Å². The van der Waals surface area contributed by atoms with Crippen LogP contribution in [0.3, 0.4) is 0 Å². The summed E-state index contributed by atoms with van der Waals surface area (Å²) < 4.78 is 0. The molecule has 1 saturated carbocycles. The van der Waals surface area contributed by atoms with Crippen molar-refractivity contribution in [1.29, 1.82) is 0 Å². The molecule has 1 aromatic rings. The topological polar surface area (TPSA) is 32.3 Å². The van der Waals surface area contributed by atoms with Gasteiger partial charge in [0.05, 0.1) is 0 Å². The van der Waals surface area contributed by atoms with Crippen molar-refractivity contribution in [2.75, 3.05) is 24.5 Å². The highest BCUT2D eigenvalue weighted by atomic mass is 16.1. The number of carbonyl (C=O) groups is 1. The number of hydrogen-bond acceptors (Lipinski definition) is 2. The van der Waals surface area contributed by atoms with E-state index in [1.54, 1.807) is 0 Å². The maximum Gasteiger partial charge on any atom is 0.223 e. The summed E-state index contributed by atoms with van der Waals surface area (Å²) in [6.45, 7) is 7.34. The fraction of sp³-hybridized carbons (Fsp3) is 0.611. The zero-order valence-corrected chi connectivity index (χ0v) is 13.2. The van der Waals surface area contributed by atoms with Crippen molar-refractivity contribution >= 4 is 11.6 Å². The van der Waals surface area contributed by atoms with Crippen molar-refractivity contribution < 1.29 is 4.79 Å². The molecule has 1 aliphatic heterocycles. The minimum absolute atomic E-state index is 0.283. The van der Waals surface area contributed by atoms with Gasteiger partial charge in [0, 0.05) is 31.2 Å². The van der Waals surface area contributed by atoms with Crippen LogP contribution in [0.5, 0.6) is 0 Å². The van der Waals surface area contributed by atoms with Crippen LogP contribution in [-0.4, -0.2) is 25.5 Å². The third-order valence-electron chi connectivity index (χ3n) is 5.18. The maximum atomic E-state index is 11.9. The molecule has 21 heavy (non-hydrogen) atoms. The van der Waals surface area contributed by atoms with Crippen molar-refractivity contribution in [3.05, 3.63) is 29.3 Å². The van der Waals surface area contributed by atoms with Gasteiger partial charge in [0.15, 0.2) is 0 Å². The molecule has 1 aromatic carbocycles. The molecule has 0 aromatic heterocycles. The first-order chi connectivity index (χ1) is 10.1. The summed E-state index contributed by atoms with van der Waals surface area (Å²) in [4.78, 5) is 14.3. The molecule has 1 heterocycles. The molecule has 1 atom stereocenters. The molecule has 1 unspecified atom stereocenters. The quantitative estimate of drug-likeness (QED) is 0.922. The number of benzene rings is 1. The summed E-state index contributed by atoms with van der Waals surface area (Å²) >= 11 is 0. The van der Waals surface area contributed by atoms with Gasteiger partial charge >= 0.3 is 0 Å². The zero-order valence-electron chi connectivity index (χ0n) is 13.2. The Morgan fingerprint density at radius 3 is 2.71 bits per heavy atom. The van der Waals surface area contributed by atoms with E-state index in [1.165, 1.54) is 29.7 Å². The van der Waals surface area contributed by atoms with Crippen molar-refractivity contribution in [2.24, 2.45) is 11.8 Å². The highest BCUT2D eigenvalue weighted by molar-refractivity contribution is 5.79. The summed E-state index contributed by atoms with van der Waals surface area (Å²) in [6.07, 6.45) is 4.58. The molecule has 0 radical (unpaired) electrons. The molecule has 2 fully saturated rings. The van der Waals surface area contributed by atoms with Crippen LogP contribution in [0.1, 0.15) is 36.8 Å². The number of nitrogens with zero attached hydrogens (tertiary/aromatic N) is 1. The standard InChI is InChI=1S/C18H26N2O/c1-13-6-7-17(10-14(13)2)20-9-8-15(12-20)11-19-18(21)16-4-3-5-16/h6-7,10,15-16H,3-5,8-9,11-12H2,1-2H3,(H,19,21). The molecular weight excluding hydrogens is 260 g/mol. The predicted molar refractivity (Wildman–Crippen MR) is 86.6 cm³/mol. The second kappa shape index (κ2) is 6.08. The van der Waals surface area contributed by atoms with Crippen molar-refractivity contribution in [2.45, 2.75) is 39.5 Å². The van der Waals surface area contributed by atoms with Gasteiger partial charge in [-0.05, 0) is 62.3 Å². The molecule has 3 heteroatoms. The van der Waals surface area contributed by atoms with E-state index < -0.39 is 0 Å². The lowest BCUT2D eigenvalue weighted by Gasteiger charge is -2.25. The van der Waals surface area contributed by atoms with Crippen molar-refractivity contribution in [1.82, 2.24) is 5.32 Å². The van der Waals surface area contributed by atoms with Crippen LogP contribution < -0.4 is 10.2 Å². The Kier molecular flexibility index (Phi) is 4.18. The molecule has 1 amide bonds.